The second-order valence-electron chi connectivity index (χ2n) is 7.71. The van der Waals surface area contributed by atoms with E-state index < -0.39 is 0 Å². The third-order valence-corrected chi connectivity index (χ3v) is 5.59. The predicted octanol–water partition coefficient (Wildman–Crippen LogP) is 2.60. The van der Waals surface area contributed by atoms with Crippen molar-refractivity contribution in [3.05, 3.63) is 35.7 Å². The van der Waals surface area contributed by atoms with Crippen LogP contribution in [0.3, 0.4) is 0 Å². The van der Waals surface area contributed by atoms with E-state index in [1.54, 1.807) is 11.8 Å². The molecule has 3 rings (SSSR count). The first-order valence-corrected chi connectivity index (χ1v) is 10.6. The Balaban J connectivity index is 1.66. The molecule has 1 heterocycles. The highest BCUT2D eigenvalue weighted by Crippen LogP contribution is 2.40. The van der Waals surface area contributed by atoms with E-state index in [4.69, 9.17) is 4.74 Å². The lowest BCUT2D eigenvalue weighted by molar-refractivity contribution is -0.144. The van der Waals surface area contributed by atoms with Gasteiger partial charge in [0.2, 0.25) is 5.91 Å². The highest BCUT2D eigenvalue weighted by molar-refractivity contribution is 6.03. The SMILES string of the molecule is CCOC(=O)CCN(C(=O)CCC(=O)C(C#N)=C1N(C)c2ccccc2N1C)C1CC1. The minimum atomic E-state index is -0.363. The van der Waals surface area contributed by atoms with Gasteiger partial charge in [-0.1, -0.05) is 12.1 Å². The molecule has 0 radical (unpaired) electrons. The van der Waals surface area contributed by atoms with Crippen LogP contribution in [0.1, 0.15) is 39.0 Å². The van der Waals surface area contributed by atoms with Crippen molar-refractivity contribution < 1.29 is 19.1 Å². The quantitative estimate of drug-likeness (QED) is 0.342. The molecule has 0 atom stereocenters. The summed E-state index contributed by atoms with van der Waals surface area (Å²) in [6, 6.07) is 9.84. The number of esters is 1. The molecule has 1 amide bonds. The van der Waals surface area contributed by atoms with E-state index in [1.807, 2.05) is 54.2 Å². The molecule has 8 nitrogen and oxygen atoms in total. The van der Waals surface area contributed by atoms with Crippen molar-refractivity contribution in [3.63, 3.8) is 0 Å². The molecular formula is C23H28N4O4. The van der Waals surface area contributed by atoms with Gasteiger partial charge in [0, 0.05) is 39.5 Å². The Kier molecular flexibility index (Phi) is 6.95. The summed E-state index contributed by atoms with van der Waals surface area (Å²) >= 11 is 0. The Morgan fingerprint density at radius 1 is 1.10 bits per heavy atom. The fourth-order valence-corrected chi connectivity index (χ4v) is 3.89. The number of ketones is 1. The number of fused-ring (bicyclic) bond motifs is 1. The summed E-state index contributed by atoms with van der Waals surface area (Å²) in [7, 11) is 3.63. The van der Waals surface area contributed by atoms with Crippen molar-refractivity contribution in [2.24, 2.45) is 0 Å². The first kappa shape index (κ1) is 22.3. The highest BCUT2D eigenvalue weighted by Gasteiger charge is 2.34. The third-order valence-electron chi connectivity index (χ3n) is 5.59. The maximum absolute atomic E-state index is 12.9. The van der Waals surface area contributed by atoms with E-state index in [0.29, 0.717) is 19.0 Å². The molecule has 0 aromatic heterocycles. The molecule has 0 spiro atoms. The summed E-state index contributed by atoms with van der Waals surface area (Å²) in [5.74, 6) is -0.347. The van der Waals surface area contributed by atoms with Crippen LogP contribution in [0.15, 0.2) is 35.7 Å². The highest BCUT2D eigenvalue weighted by atomic mass is 16.5. The fourth-order valence-electron chi connectivity index (χ4n) is 3.89. The zero-order chi connectivity index (χ0) is 22.5. The zero-order valence-electron chi connectivity index (χ0n) is 18.3. The summed E-state index contributed by atoms with van der Waals surface area (Å²) in [5.41, 5.74) is 1.87. The number of benzene rings is 1. The fraction of sp³-hybridized carbons (Fsp3) is 0.478. The van der Waals surface area contributed by atoms with Gasteiger partial charge in [0.25, 0.3) is 0 Å². The van der Waals surface area contributed by atoms with Gasteiger partial charge in [-0.15, -0.1) is 0 Å². The van der Waals surface area contributed by atoms with Crippen molar-refractivity contribution in [1.29, 1.82) is 5.26 Å². The summed E-state index contributed by atoms with van der Waals surface area (Å²) < 4.78 is 4.94. The van der Waals surface area contributed by atoms with E-state index in [9.17, 15) is 19.6 Å². The van der Waals surface area contributed by atoms with Crippen LogP contribution in [-0.4, -0.2) is 55.8 Å². The van der Waals surface area contributed by atoms with E-state index in [2.05, 4.69) is 0 Å². The summed E-state index contributed by atoms with van der Waals surface area (Å²) in [4.78, 5) is 42.6. The second-order valence-corrected chi connectivity index (χ2v) is 7.71. The van der Waals surface area contributed by atoms with Gasteiger partial charge < -0.3 is 19.4 Å². The van der Waals surface area contributed by atoms with Crippen LogP contribution in [0.5, 0.6) is 0 Å². The Morgan fingerprint density at radius 2 is 1.71 bits per heavy atom. The van der Waals surface area contributed by atoms with Crippen molar-refractivity contribution in [2.75, 3.05) is 37.0 Å². The average molecular weight is 425 g/mol. The number of nitrogens with zero attached hydrogens (tertiary/aromatic N) is 4. The number of allylic oxidation sites excluding steroid dienone is 1. The standard InChI is InChI=1S/C23H28N4O4/c1-4-31-22(30)13-14-27(16-9-10-16)21(29)12-11-20(28)17(15-24)23-25(2)18-7-5-6-8-19(18)26(23)3/h5-8,16H,4,9-14H2,1-3H3. The van der Waals surface area contributed by atoms with Gasteiger partial charge in [0.05, 0.1) is 24.4 Å². The van der Waals surface area contributed by atoms with Crippen molar-refractivity contribution in [1.82, 2.24) is 4.90 Å². The zero-order valence-corrected chi connectivity index (χ0v) is 18.3. The maximum atomic E-state index is 12.9. The normalized spacial score (nSPS) is 14.7. The molecular weight excluding hydrogens is 396 g/mol. The van der Waals surface area contributed by atoms with Crippen LogP contribution < -0.4 is 9.80 Å². The van der Waals surface area contributed by atoms with Crippen LogP contribution in [0.2, 0.25) is 0 Å². The molecule has 164 valence electrons. The summed E-state index contributed by atoms with van der Waals surface area (Å²) in [6.45, 7) is 2.35. The number of para-hydroxylation sites is 2. The van der Waals surface area contributed by atoms with Crippen LogP contribution in [0, 0.1) is 11.3 Å². The molecule has 1 saturated carbocycles. The number of carbonyl (C=O) groups excluding carboxylic acids is 3. The lowest BCUT2D eigenvalue weighted by Gasteiger charge is -2.22. The molecule has 0 unspecified atom stereocenters. The number of anilines is 2. The molecule has 1 fully saturated rings. The molecule has 1 aliphatic heterocycles. The Labute approximate surface area is 182 Å². The first-order chi connectivity index (χ1) is 14.9. The lowest BCUT2D eigenvalue weighted by Crippen LogP contribution is -2.35. The molecule has 1 aromatic carbocycles. The molecule has 8 heteroatoms. The minimum Gasteiger partial charge on any atom is -0.466 e. The van der Waals surface area contributed by atoms with Gasteiger partial charge >= 0.3 is 5.97 Å². The van der Waals surface area contributed by atoms with Crippen molar-refractivity contribution in [2.45, 2.75) is 45.1 Å². The topological polar surface area (TPSA) is 93.9 Å². The number of rotatable bonds is 9. The van der Waals surface area contributed by atoms with Gasteiger partial charge in [0.1, 0.15) is 17.5 Å². The summed E-state index contributed by atoms with van der Waals surface area (Å²) in [6.07, 6.45) is 1.92. The maximum Gasteiger partial charge on any atom is 0.307 e. The van der Waals surface area contributed by atoms with Gasteiger partial charge in [-0.25, -0.2) is 0 Å². The lowest BCUT2D eigenvalue weighted by atomic mass is 10.1. The number of nitriles is 1. The largest absolute Gasteiger partial charge is 0.466 e. The van der Waals surface area contributed by atoms with Gasteiger partial charge in [0.15, 0.2) is 5.78 Å². The van der Waals surface area contributed by atoms with E-state index in [-0.39, 0.29) is 48.5 Å². The number of hydrogen-bond acceptors (Lipinski definition) is 7. The Bertz CT molecular complexity index is 914. The van der Waals surface area contributed by atoms with Gasteiger partial charge in [-0.2, -0.15) is 5.26 Å². The van der Waals surface area contributed by atoms with E-state index >= 15 is 0 Å². The first-order valence-electron chi connectivity index (χ1n) is 10.6. The Morgan fingerprint density at radius 3 is 2.23 bits per heavy atom. The van der Waals surface area contributed by atoms with Crippen LogP contribution >= 0.6 is 0 Å². The van der Waals surface area contributed by atoms with Crippen molar-refractivity contribution >= 4 is 29.0 Å². The van der Waals surface area contributed by atoms with Crippen LogP contribution in [-0.2, 0) is 19.1 Å². The second kappa shape index (κ2) is 9.65. The van der Waals surface area contributed by atoms with Gasteiger partial charge in [-0.05, 0) is 31.9 Å². The molecule has 0 N–H and O–H groups in total. The summed E-state index contributed by atoms with van der Waals surface area (Å²) in [5, 5.41) is 9.71. The smallest absolute Gasteiger partial charge is 0.307 e. The van der Waals surface area contributed by atoms with Crippen LogP contribution in [0.4, 0.5) is 11.4 Å². The van der Waals surface area contributed by atoms with E-state index in [1.165, 1.54) is 0 Å². The number of hydrogen-bond donors (Lipinski definition) is 0. The molecule has 0 bridgehead atoms. The number of amides is 1. The van der Waals surface area contributed by atoms with Crippen molar-refractivity contribution in [3.8, 4) is 6.07 Å². The molecule has 0 saturated heterocycles. The van der Waals surface area contributed by atoms with Crippen LogP contribution in [0.25, 0.3) is 0 Å². The number of carbonyl (C=O) groups is 3. The third kappa shape index (κ3) is 4.88. The molecule has 31 heavy (non-hydrogen) atoms. The Hall–Kier alpha value is -3.34. The molecule has 2 aliphatic rings. The molecule has 1 aliphatic carbocycles. The number of ether oxygens (including phenoxy) is 1. The predicted molar refractivity (Wildman–Crippen MR) is 116 cm³/mol. The van der Waals surface area contributed by atoms with Gasteiger partial charge in [-0.3, -0.25) is 14.4 Å². The minimum absolute atomic E-state index is 0.0109. The van der Waals surface area contributed by atoms with E-state index in [0.717, 1.165) is 24.2 Å². The molecule has 1 aromatic rings. The number of Topliss-reactive ketones (excluding diaryl/α,β-unsaturated/α-hetero) is 1. The average Bonchev–Trinajstić information content (AvgIpc) is 3.56. The monoisotopic (exact) mass is 424 g/mol.